The molecule has 0 spiro atoms. The van der Waals surface area contributed by atoms with E-state index < -0.39 is 0 Å². The normalized spacial score (nSPS) is 10.5. The Balaban J connectivity index is 1.75. The lowest BCUT2D eigenvalue weighted by Crippen LogP contribution is -2.11. The standard InChI is InChI=1S/C18H16FN3OS/c1-11-4-3-5-15(10-11)21-17(23)16-12(2)20-18(24-16)22-14-8-6-13(19)7-9-14/h3-10H,1-2H3,(H,20,22)(H,21,23). The molecule has 0 unspecified atom stereocenters. The van der Waals surface area contributed by atoms with Gasteiger partial charge in [0.25, 0.3) is 5.91 Å². The van der Waals surface area contributed by atoms with Gasteiger partial charge in [-0.25, -0.2) is 9.37 Å². The van der Waals surface area contributed by atoms with Crippen LogP contribution in [-0.2, 0) is 0 Å². The number of thiazole rings is 1. The molecule has 122 valence electrons. The first-order valence-corrected chi connectivity index (χ1v) is 8.21. The highest BCUT2D eigenvalue weighted by Gasteiger charge is 2.15. The van der Waals surface area contributed by atoms with E-state index in [1.54, 1.807) is 19.1 Å². The number of halogens is 1. The van der Waals surface area contributed by atoms with Crippen molar-refractivity contribution in [2.45, 2.75) is 13.8 Å². The summed E-state index contributed by atoms with van der Waals surface area (Å²) >= 11 is 1.26. The number of carbonyl (C=O) groups is 1. The Morgan fingerprint density at radius 3 is 2.54 bits per heavy atom. The van der Waals surface area contributed by atoms with Crippen LogP contribution in [0.1, 0.15) is 20.9 Å². The molecule has 1 amide bonds. The number of benzene rings is 2. The number of nitrogens with zero attached hydrogens (tertiary/aromatic N) is 1. The number of carbonyl (C=O) groups excluding carboxylic acids is 1. The Labute approximate surface area is 143 Å². The second-order valence-electron chi connectivity index (χ2n) is 5.39. The van der Waals surface area contributed by atoms with Crippen LogP contribution in [-0.4, -0.2) is 10.9 Å². The summed E-state index contributed by atoms with van der Waals surface area (Å²) in [6.07, 6.45) is 0. The second-order valence-corrected chi connectivity index (χ2v) is 6.39. The second kappa shape index (κ2) is 6.80. The molecule has 6 heteroatoms. The lowest BCUT2D eigenvalue weighted by atomic mass is 10.2. The van der Waals surface area contributed by atoms with Gasteiger partial charge >= 0.3 is 0 Å². The van der Waals surface area contributed by atoms with Crippen LogP contribution < -0.4 is 10.6 Å². The van der Waals surface area contributed by atoms with E-state index in [-0.39, 0.29) is 11.7 Å². The highest BCUT2D eigenvalue weighted by Crippen LogP contribution is 2.26. The molecule has 0 bridgehead atoms. The molecule has 1 heterocycles. The smallest absolute Gasteiger partial charge is 0.267 e. The van der Waals surface area contributed by atoms with Crippen LogP contribution >= 0.6 is 11.3 Å². The van der Waals surface area contributed by atoms with Crippen LogP contribution in [0.3, 0.4) is 0 Å². The molecule has 0 atom stereocenters. The number of hydrogen-bond donors (Lipinski definition) is 2. The minimum Gasteiger partial charge on any atom is -0.332 e. The summed E-state index contributed by atoms with van der Waals surface area (Å²) in [7, 11) is 0. The zero-order valence-electron chi connectivity index (χ0n) is 13.3. The van der Waals surface area contributed by atoms with Gasteiger partial charge in [0.05, 0.1) is 5.69 Å². The number of nitrogens with one attached hydrogen (secondary N) is 2. The van der Waals surface area contributed by atoms with Gasteiger partial charge in [-0.15, -0.1) is 0 Å². The van der Waals surface area contributed by atoms with Crippen molar-refractivity contribution in [2.24, 2.45) is 0 Å². The van der Waals surface area contributed by atoms with Crippen molar-refractivity contribution in [3.05, 3.63) is 70.5 Å². The van der Waals surface area contributed by atoms with Gasteiger partial charge in [-0.2, -0.15) is 0 Å². The molecule has 1 aromatic heterocycles. The maximum absolute atomic E-state index is 12.9. The quantitative estimate of drug-likeness (QED) is 0.710. The molecule has 3 aromatic rings. The first-order chi connectivity index (χ1) is 11.5. The van der Waals surface area contributed by atoms with Crippen LogP contribution in [0.4, 0.5) is 20.9 Å². The van der Waals surface area contributed by atoms with Crippen molar-refractivity contribution >= 4 is 33.8 Å². The fourth-order valence-corrected chi connectivity index (χ4v) is 3.11. The molecular weight excluding hydrogens is 325 g/mol. The van der Waals surface area contributed by atoms with Crippen molar-refractivity contribution in [1.29, 1.82) is 0 Å². The molecule has 0 saturated heterocycles. The number of aryl methyl sites for hydroxylation is 2. The zero-order chi connectivity index (χ0) is 17.1. The highest BCUT2D eigenvalue weighted by molar-refractivity contribution is 7.17. The maximum Gasteiger partial charge on any atom is 0.267 e. The van der Waals surface area contributed by atoms with Gasteiger partial charge < -0.3 is 10.6 Å². The Morgan fingerprint density at radius 2 is 1.83 bits per heavy atom. The van der Waals surface area contributed by atoms with Crippen LogP contribution in [0.5, 0.6) is 0 Å². The lowest BCUT2D eigenvalue weighted by Gasteiger charge is -2.04. The van der Waals surface area contributed by atoms with E-state index in [1.807, 2.05) is 31.2 Å². The Kier molecular flexibility index (Phi) is 4.57. The van der Waals surface area contributed by atoms with Gasteiger partial charge in [-0.1, -0.05) is 23.5 Å². The summed E-state index contributed by atoms with van der Waals surface area (Å²) in [6.45, 7) is 3.76. The van der Waals surface area contributed by atoms with Crippen molar-refractivity contribution in [2.75, 3.05) is 10.6 Å². The van der Waals surface area contributed by atoms with Crippen molar-refractivity contribution < 1.29 is 9.18 Å². The molecule has 0 aliphatic rings. The average Bonchev–Trinajstić information content (AvgIpc) is 2.90. The number of rotatable bonds is 4. The monoisotopic (exact) mass is 341 g/mol. The number of anilines is 3. The minimum atomic E-state index is -0.297. The molecule has 2 aromatic carbocycles. The van der Waals surface area contributed by atoms with Crippen molar-refractivity contribution in [3.8, 4) is 0 Å². The molecule has 2 N–H and O–H groups in total. The third-order valence-electron chi connectivity index (χ3n) is 3.37. The maximum atomic E-state index is 12.9. The van der Waals surface area contributed by atoms with Crippen LogP contribution in [0, 0.1) is 19.7 Å². The van der Waals surface area contributed by atoms with Gasteiger partial charge in [0.1, 0.15) is 10.7 Å². The van der Waals surface area contributed by atoms with Gasteiger partial charge in [0, 0.05) is 11.4 Å². The Hall–Kier alpha value is -2.73. The highest BCUT2D eigenvalue weighted by atomic mass is 32.1. The van der Waals surface area contributed by atoms with E-state index >= 15 is 0 Å². The average molecular weight is 341 g/mol. The van der Waals surface area contributed by atoms with Crippen LogP contribution in [0.15, 0.2) is 48.5 Å². The molecule has 0 radical (unpaired) electrons. The topological polar surface area (TPSA) is 54.0 Å². The van der Waals surface area contributed by atoms with E-state index in [0.29, 0.717) is 15.7 Å². The number of hydrogen-bond acceptors (Lipinski definition) is 4. The van der Waals surface area contributed by atoms with Gasteiger partial charge in [0.2, 0.25) is 0 Å². The molecule has 0 saturated carbocycles. The number of aromatic nitrogens is 1. The van der Waals surface area contributed by atoms with E-state index in [9.17, 15) is 9.18 Å². The summed E-state index contributed by atoms with van der Waals surface area (Å²) in [4.78, 5) is 17.3. The third-order valence-corrected chi connectivity index (χ3v) is 4.45. The summed E-state index contributed by atoms with van der Waals surface area (Å²) < 4.78 is 12.9. The molecule has 3 rings (SSSR count). The number of amides is 1. The predicted molar refractivity (Wildman–Crippen MR) is 95.7 cm³/mol. The van der Waals surface area contributed by atoms with Crippen LogP contribution in [0.25, 0.3) is 0 Å². The Morgan fingerprint density at radius 1 is 1.08 bits per heavy atom. The van der Waals surface area contributed by atoms with Crippen molar-refractivity contribution in [1.82, 2.24) is 4.98 Å². The van der Waals surface area contributed by atoms with Gasteiger partial charge in [0.15, 0.2) is 5.13 Å². The van der Waals surface area contributed by atoms with E-state index in [2.05, 4.69) is 15.6 Å². The predicted octanol–water partition coefficient (Wildman–Crippen LogP) is 4.89. The van der Waals surface area contributed by atoms with Crippen molar-refractivity contribution in [3.63, 3.8) is 0 Å². The first-order valence-electron chi connectivity index (χ1n) is 7.39. The summed E-state index contributed by atoms with van der Waals surface area (Å²) in [6, 6.07) is 13.6. The van der Waals surface area contributed by atoms with Gasteiger partial charge in [-0.05, 0) is 55.8 Å². The third kappa shape index (κ3) is 3.78. The summed E-state index contributed by atoms with van der Waals surface area (Å²) in [5.74, 6) is -0.489. The summed E-state index contributed by atoms with van der Waals surface area (Å²) in [5.41, 5.74) is 3.19. The molecule has 0 fully saturated rings. The van der Waals surface area contributed by atoms with Gasteiger partial charge in [-0.3, -0.25) is 4.79 Å². The SMILES string of the molecule is Cc1cccc(NC(=O)c2sc(Nc3ccc(F)cc3)nc2C)c1. The fraction of sp³-hybridized carbons (Fsp3) is 0.111. The molecule has 4 nitrogen and oxygen atoms in total. The van der Waals surface area contributed by atoms with Crippen LogP contribution in [0.2, 0.25) is 0 Å². The lowest BCUT2D eigenvalue weighted by molar-refractivity contribution is 0.103. The largest absolute Gasteiger partial charge is 0.332 e. The fourth-order valence-electron chi connectivity index (χ4n) is 2.23. The van der Waals surface area contributed by atoms with E-state index in [0.717, 1.165) is 16.9 Å². The molecule has 0 aliphatic carbocycles. The Bertz CT molecular complexity index is 874. The molecule has 0 aliphatic heterocycles. The van der Waals surface area contributed by atoms with E-state index in [1.165, 1.54) is 23.5 Å². The zero-order valence-corrected chi connectivity index (χ0v) is 14.1. The van der Waals surface area contributed by atoms with E-state index in [4.69, 9.17) is 0 Å². The summed E-state index contributed by atoms with van der Waals surface area (Å²) in [5, 5.41) is 6.55. The minimum absolute atomic E-state index is 0.192. The molecule has 24 heavy (non-hydrogen) atoms. The first kappa shape index (κ1) is 16.1. The molecular formula is C18H16FN3OS.